The van der Waals surface area contributed by atoms with E-state index in [4.69, 9.17) is 5.11 Å². The lowest BCUT2D eigenvalue weighted by Crippen LogP contribution is -2.51. The van der Waals surface area contributed by atoms with Gasteiger partial charge in [-0.15, -0.1) is 0 Å². The van der Waals surface area contributed by atoms with Crippen LogP contribution >= 0.6 is 0 Å². The third-order valence-corrected chi connectivity index (χ3v) is 3.23. The highest BCUT2D eigenvalue weighted by atomic mass is 16.4. The molecule has 0 aliphatic rings. The molecule has 1 rings (SSSR count). The molecule has 0 spiro atoms. The van der Waals surface area contributed by atoms with Crippen molar-refractivity contribution in [3.05, 3.63) is 29.8 Å². The zero-order valence-electron chi connectivity index (χ0n) is 13.7. The molecule has 0 saturated carbocycles. The molecule has 0 aliphatic carbocycles. The van der Waals surface area contributed by atoms with Gasteiger partial charge in [0, 0.05) is 6.04 Å². The zero-order valence-corrected chi connectivity index (χ0v) is 13.7. The molecule has 0 aliphatic heterocycles. The molecule has 1 aromatic rings. The van der Waals surface area contributed by atoms with Crippen molar-refractivity contribution in [1.82, 2.24) is 16.0 Å². The Morgan fingerprint density at radius 2 is 1.75 bits per heavy atom. The van der Waals surface area contributed by atoms with Gasteiger partial charge in [0.1, 0.15) is 11.8 Å². The second-order valence-corrected chi connectivity index (χ2v) is 5.53. The highest BCUT2D eigenvalue weighted by Crippen LogP contribution is 2.11. The van der Waals surface area contributed by atoms with Crippen LogP contribution in [0.15, 0.2) is 24.3 Å². The van der Waals surface area contributed by atoms with E-state index in [2.05, 4.69) is 16.0 Å². The maximum absolute atomic E-state index is 12.2. The first-order valence-corrected chi connectivity index (χ1v) is 7.56. The first kappa shape index (κ1) is 19.4. The molecule has 0 heterocycles. The molecule has 1 aromatic carbocycles. The standard InChI is InChI=1S/C16H23N3O5/c1-10(7-11-3-5-12(20)6-4-11)18-16(24)13(8-15(22)23)19-14(21)9-17-2/h3-6,10,13,17,20H,7-9H2,1-2H3,(H,18,24)(H,19,21)(H,22,23). The van der Waals surface area contributed by atoms with Crippen LogP contribution in [0.4, 0.5) is 0 Å². The predicted octanol–water partition coefficient (Wildman–Crippen LogP) is -0.382. The molecule has 0 aromatic heterocycles. The fourth-order valence-corrected chi connectivity index (χ4v) is 2.17. The Hall–Kier alpha value is -2.61. The molecule has 2 amide bonds. The van der Waals surface area contributed by atoms with Crippen LogP contribution in [-0.2, 0) is 20.8 Å². The van der Waals surface area contributed by atoms with Gasteiger partial charge in [-0.3, -0.25) is 14.4 Å². The summed E-state index contributed by atoms with van der Waals surface area (Å²) in [5, 5.41) is 25.9. The number of phenolic OH excluding ortho intramolecular Hbond substituents is 1. The molecule has 24 heavy (non-hydrogen) atoms. The number of carbonyl (C=O) groups excluding carboxylic acids is 2. The Morgan fingerprint density at radius 1 is 1.12 bits per heavy atom. The maximum Gasteiger partial charge on any atom is 0.305 e. The molecule has 0 bridgehead atoms. The van der Waals surface area contributed by atoms with E-state index in [0.29, 0.717) is 6.42 Å². The second kappa shape index (κ2) is 9.51. The minimum atomic E-state index is -1.17. The minimum Gasteiger partial charge on any atom is -0.508 e. The van der Waals surface area contributed by atoms with Crippen molar-refractivity contribution in [1.29, 1.82) is 0 Å². The lowest BCUT2D eigenvalue weighted by molar-refractivity contribution is -0.140. The molecule has 0 radical (unpaired) electrons. The number of carboxylic acid groups (broad SMARTS) is 1. The molecule has 0 fully saturated rings. The largest absolute Gasteiger partial charge is 0.508 e. The molecule has 132 valence electrons. The Labute approximate surface area is 140 Å². The van der Waals surface area contributed by atoms with Gasteiger partial charge < -0.3 is 26.2 Å². The number of hydrogen-bond donors (Lipinski definition) is 5. The quantitative estimate of drug-likeness (QED) is 0.418. The van der Waals surface area contributed by atoms with Gasteiger partial charge in [-0.25, -0.2) is 0 Å². The Morgan fingerprint density at radius 3 is 2.29 bits per heavy atom. The van der Waals surface area contributed by atoms with E-state index < -0.39 is 30.2 Å². The number of carboxylic acids is 1. The van der Waals surface area contributed by atoms with E-state index in [0.717, 1.165) is 5.56 Å². The normalized spacial score (nSPS) is 12.9. The number of carbonyl (C=O) groups is 3. The van der Waals surface area contributed by atoms with Crippen LogP contribution in [0.25, 0.3) is 0 Å². The van der Waals surface area contributed by atoms with Crippen molar-refractivity contribution in [3.8, 4) is 5.75 Å². The monoisotopic (exact) mass is 337 g/mol. The highest BCUT2D eigenvalue weighted by Gasteiger charge is 2.24. The average Bonchev–Trinajstić information content (AvgIpc) is 2.48. The molecule has 0 saturated heterocycles. The topological polar surface area (TPSA) is 128 Å². The minimum absolute atomic E-state index is 0.00748. The highest BCUT2D eigenvalue weighted by molar-refractivity contribution is 5.91. The Balaban J connectivity index is 2.62. The lowest BCUT2D eigenvalue weighted by atomic mass is 10.1. The zero-order chi connectivity index (χ0) is 18.1. The number of likely N-dealkylation sites (N-methyl/N-ethyl adjacent to an activating group) is 1. The first-order valence-electron chi connectivity index (χ1n) is 7.56. The molecular formula is C16H23N3O5. The summed E-state index contributed by atoms with van der Waals surface area (Å²) in [5.74, 6) is -2.02. The third kappa shape index (κ3) is 7.10. The lowest BCUT2D eigenvalue weighted by Gasteiger charge is -2.20. The summed E-state index contributed by atoms with van der Waals surface area (Å²) in [7, 11) is 1.57. The number of aliphatic carboxylic acids is 1. The summed E-state index contributed by atoms with van der Waals surface area (Å²) in [6.07, 6.45) is 0.0174. The fraction of sp³-hybridized carbons (Fsp3) is 0.438. The summed E-state index contributed by atoms with van der Waals surface area (Å²) in [6, 6.07) is 5.18. The van der Waals surface area contributed by atoms with E-state index in [1.54, 1.807) is 38.2 Å². The molecule has 5 N–H and O–H groups in total. The van der Waals surface area contributed by atoms with Gasteiger partial charge in [0.15, 0.2) is 0 Å². The van der Waals surface area contributed by atoms with Crippen LogP contribution < -0.4 is 16.0 Å². The second-order valence-electron chi connectivity index (χ2n) is 5.53. The van der Waals surface area contributed by atoms with Crippen LogP contribution in [0, 0.1) is 0 Å². The van der Waals surface area contributed by atoms with E-state index in [-0.39, 0.29) is 18.3 Å². The summed E-state index contributed by atoms with van der Waals surface area (Å²) in [5.41, 5.74) is 0.912. The van der Waals surface area contributed by atoms with Gasteiger partial charge in [-0.1, -0.05) is 12.1 Å². The molecular weight excluding hydrogens is 314 g/mol. The number of phenols is 1. The van der Waals surface area contributed by atoms with E-state index in [1.807, 2.05) is 0 Å². The Bertz CT molecular complexity index is 574. The maximum atomic E-state index is 12.2. The van der Waals surface area contributed by atoms with E-state index >= 15 is 0 Å². The van der Waals surface area contributed by atoms with Crippen LogP contribution in [0.2, 0.25) is 0 Å². The number of nitrogens with one attached hydrogen (secondary N) is 3. The van der Waals surface area contributed by atoms with E-state index in [9.17, 15) is 19.5 Å². The number of amides is 2. The third-order valence-electron chi connectivity index (χ3n) is 3.23. The van der Waals surface area contributed by atoms with E-state index in [1.165, 1.54) is 0 Å². The first-order chi connectivity index (χ1) is 11.3. The Kier molecular flexibility index (Phi) is 7.70. The molecule has 8 heteroatoms. The fourth-order valence-electron chi connectivity index (χ4n) is 2.17. The summed E-state index contributed by atoms with van der Waals surface area (Å²) in [6.45, 7) is 1.77. The van der Waals surface area contributed by atoms with Gasteiger partial charge in [0.05, 0.1) is 13.0 Å². The smallest absolute Gasteiger partial charge is 0.305 e. The summed E-state index contributed by atoms with van der Waals surface area (Å²) in [4.78, 5) is 34.7. The number of aromatic hydroxyl groups is 1. The van der Waals surface area contributed by atoms with Gasteiger partial charge in [-0.05, 0) is 38.1 Å². The summed E-state index contributed by atoms with van der Waals surface area (Å²) < 4.78 is 0. The number of benzene rings is 1. The molecule has 2 unspecified atom stereocenters. The van der Waals surface area contributed by atoms with Crippen molar-refractivity contribution in [2.45, 2.75) is 31.8 Å². The van der Waals surface area contributed by atoms with Gasteiger partial charge in [0.2, 0.25) is 11.8 Å². The van der Waals surface area contributed by atoms with Crippen LogP contribution in [0.3, 0.4) is 0 Å². The van der Waals surface area contributed by atoms with Crippen molar-refractivity contribution in [3.63, 3.8) is 0 Å². The number of hydrogen-bond acceptors (Lipinski definition) is 5. The van der Waals surface area contributed by atoms with Crippen LogP contribution in [-0.4, -0.2) is 53.7 Å². The van der Waals surface area contributed by atoms with Crippen molar-refractivity contribution in [2.24, 2.45) is 0 Å². The number of rotatable bonds is 9. The molecule has 8 nitrogen and oxygen atoms in total. The van der Waals surface area contributed by atoms with Crippen LogP contribution in [0.5, 0.6) is 5.75 Å². The molecule has 2 atom stereocenters. The predicted molar refractivity (Wildman–Crippen MR) is 87.5 cm³/mol. The van der Waals surface area contributed by atoms with Crippen molar-refractivity contribution in [2.75, 3.05) is 13.6 Å². The van der Waals surface area contributed by atoms with Crippen molar-refractivity contribution < 1.29 is 24.6 Å². The van der Waals surface area contributed by atoms with Crippen molar-refractivity contribution >= 4 is 17.8 Å². The summed E-state index contributed by atoms with van der Waals surface area (Å²) >= 11 is 0. The van der Waals surface area contributed by atoms with Gasteiger partial charge >= 0.3 is 5.97 Å². The van der Waals surface area contributed by atoms with Gasteiger partial charge in [-0.2, -0.15) is 0 Å². The van der Waals surface area contributed by atoms with Gasteiger partial charge in [0.25, 0.3) is 0 Å². The SMILES string of the molecule is CNCC(=O)NC(CC(=O)O)C(=O)NC(C)Cc1ccc(O)cc1. The average molecular weight is 337 g/mol. The van der Waals surface area contributed by atoms with Crippen LogP contribution in [0.1, 0.15) is 18.9 Å².